The van der Waals surface area contributed by atoms with Gasteiger partial charge in [0.2, 0.25) is 0 Å². The third kappa shape index (κ3) is 2.61. The summed E-state index contributed by atoms with van der Waals surface area (Å²) in [4.78, 5) is 0. The van der Waals surface area contributed by atoms with Crippen molar-refractivity contribution in [1.29, 1.82) is 0 Å². The van der Waals surface area contributed by atoms with Gasteiger partial charge in [-0.15, -0.1) is 0 Å². The van der Waals surface area contributed by atoms with Gasteiger partial charge in [0.25, 0.3) is 0 Å². The maximum absolute atomic E-state index is 4.03. The summed E-state index contributed by atoms with van der Waals surface area (Å²) in [7, 11) is 0. The van der Waals surface area contributed by atoms with Gasteiger partial charge in [-0.2, -0.15) is 0 Å². The van der Waals surface area contributed by atoms with Gasteiger partial charge in [0, 0.05) is 16.8 Å². The number of nitrogens with one attached hydrogen (secondary N) is 1. The average Bonchev–Trinajstić information content (AvgIpc) is 2.75. The van der Waals surface area contributed by atoms with E-state index in [0.717, 1.165) is 29.8 Å². The maximum Gasteiger partial charge on any atom is 0.0407 e. The lowest BCUT2D eigenvalue weighted by molar-refractivity contribution is 0.651. The Morgan fingerprint density at radius 2 is 2.09 bits per heavy atom. The molecule has 0 aliphatic heterocycles. The predicted molar refractivity (Wildman–Crippen MR) is 101 cm³/mol. The summed E-state index contributed by atoms with van der Waals surface area (Å²) in [5, 5.41) is 3.48. The van der Waals surface area contributed by atoms with Gasteiger partial charge in [-0.3, -0.25) is 0 Å². The lowest BCUT2D eigenvalue weighted by Gasteiger charge is -2.24. The van der Waals surface area contributed by atoms with E-state index in [0.29, 0.717) is 0 Å². The van der Waals surface area contributed by atoms with Crippen molar-refractivity contribution in [1.82, 2.24) is 0 Å². The van der Waals surface area contributed by atoms with Crippen LogP contribution >= 0.6 is 0 Å². The highest BCUT2D eigenvalue weighted by molar-refractivity contribution is 5.84. The molecule has 1 heteroatoms. The van der Waals surface area contributed by atoms with Crippen LogP contribution in [0.2, 0.25) is 0 Å². The van der Waals surface area contributed by atoms with Gasteiger partial charge in [0.15, 0.2) is 0 Å². The molecule has 2 aliphatic carbocycles. The molecule has 1 aromatic rings. The van der Waals surface area contributed by atoms with E-state index in [1.165, 1.54) is 22.3 Å². The standard InChI is InChI=1S/C22H25N/c1-6-9-21(15(2)3)23-16-12-13-18-17-10-7-8-11-19(17)22(4,5)20(18)14-16/h6,8-9,11-14,23H,1-2,7,10H2,3-5H3/b21-9+. The molecule has 118 valence electrons. The Balaban J connectivity index is 2.00. The Morgan fingerprint density at radius 1 is 1.30 bits per heavy atom. The summed E-state index contributed by atoms with van der Waals surface area (Å²) >= 11 is 0. The molecule has 23 heavy (non-hydrogen) atoms. The molecule has 0 saturated carbocycles. The molecule has 0 bridgehead atoms. The van der Waals surface area contributed by atoms with Crippen LogP contribution in [0.4, 0.5) is 5.69 Å². The molecule has 0 unspecified atom stereocenters. The highest BCUT2D eigenvalue weighted by Crippen LogP contribution is 2.50. The summed E-state index contributed by atoms with van der Waals surface area (Å²) in [6.45, 7) is 14.5. The van der Waals surface area contributed by atoms with Crippen molar-refractivity contribution in [3.8, 4) is 0 Å². The Hall–Kier alpha value is -2.28. The first-order chi connectivity index (χ1) is 10.9. The summed E-state index contributed by atoms with van der Waals surface area (Å²) < 4.78 is 0. The first kappa shape index (κ1) is 15.6. The van der Waals surface area contributed by atoms with Crippen molar-refractivity contribution in [2.45, 2.75) is 39.0 Å². The van der Waals surface area contributed by atoms with E-state index < -0.39 is 0 Å². The van der Waals surface area contributed by atoms with Crippen LogP contribution in [-0.4, -0.2) is 0 Å². The molecule has 0 atom stereocenters. The first-order valence-electron chi connectivity index (χ1n) is 8.26. The Labute approximate surface area is 139 Å². The zero-order valence-corrected chi connectivity index (χ0v) is 14.4. The summed E-state index contributed by atoms with van der Waals surface area (Å²) in [6.07, 6.45) is 10.7. The summed E-state index contributed by atoms with van der Waals surface area (Å²) in [6, 6.07) is 6.73. The van der Waals surface area contributed by atoms with Crippen LogP contribution in [0.25, 0.3) is 5.57 Å². The SMILES string of the molecule is C=C/C=C(/Nc1ccc2c(c1)C(C)(C)C1=C2CCC=C1)C(=C)C. The number of hydrogen-bond acceptors (Lipinski definition) is 1. The molecule has 3 rings (SSSR count). The average molecular weight is 303 g/mol. The number of benzene rings is 1. The topological polar surface area (TPSA) is 12.0 Å². The van der Waals surface area contributed by atoms with E-state index in [1.54, 1.807) is 6.08 Å². The second-order valence-electron chi connectivity index (χ2n) is 6.94. The van der Waals surface area contributed by atoms with Crippen molar-refractivity contribution in [3.05, 3.63) is 83.6 Å². The number of allylic oxidation sites excluding steroid dienone is 7. The Bertz CT molecular complexity index is 769. The number of anilines is 1. The minimum Gasteiger partial charge on any atom is -0.355 e. The van der Waals surface area contributed by atoms with Crippen LogP contribution in [0.5, 0.6) is 0 Å². The molecule has 0 heterocycles. The molecule has 1 nitrogen and oxygen atoms in total. The lowest BCUT2D eigenvalue weighted by atomic mass is 9.80. The van der Waals surface area contributed by atoms with E-state index in [2.05, 4.69) is 62.7 Å². The normalized spacial score (nSPS) is 18.5. The van der Waals surface area contributed by atoms with E-state index in [4.69, 9.17) is 0 Å². The second-order valence-corrected chi connectivity index (χ2v) is 6.94. The number of fused-ring (bicyclic) bond motifs is 2. The van der Waals surface area contributed by atoms with Crippen LogP contribution in [0, 0.1) is 0 Å². The molecular formula is C22H25N. The van der Waals surface area contributed by atoms with Gasteiger partial charge in [0.05, 0.1) is 0 Å². The molecule has 0 aromatic heterocycles. The minimum absolute atomic E-state index is 0.0742. The van der Waals surface area contributed by atoms with Crippen LogP contribution in [-0.2, 0) is 5.41 Å². The molecule has 0 fully saturated rings. The van der Waals surface area contributed by atoms with E-state index in [1.807, 2.05) is 13.0 Å². The van der Waals surface area contributed by atoms with Crippen molar-refractivity contribution >= 4 is 11.3 Å². The summed E-state index contributed by atoms with van der Waals surface area (Å²) in [5.41, 5.74) is 9.04. The van der Waals surface area contributed by atoms with Gasteiger partial charge in [-0.1, -0.05) is 51.3 Å². The monoisotopic (exact) mass is 303 g/mol. The van der Waals surface area contributed by atoms with Crippen LogP contribution in [0.1, 0.15) is 44.7 Å². The first-order valence-corrected chi connectivity index (χ1v) is 8.26. The van der Waals surface area contributed by atoms with E-state index in [-0.39, 0.29) is 5.41 Å². The van der Waals surface area contributed by atoms with Gasteiger partial charge >= 0.3 is 0 Å². The van der Waals surface area contributed by atoms with Crippen LogP contribution in [0.3, 0.4) is 0 Å². The largest absolute Gasteiger partial charge is 0.355 e. The second kappa shape index (κ2) is 5.73. The third-order valence-electron chi connectivity index (χ3n) is 4.89. The maximum atomic E-state index is 4.03. The molecule has 1 N–H and O–H groups in total. The molecule has 0 spiro atoms. The number of hydrogen-bond donors (Lipinski definition) is 1. The molecule has 0 amide bonds. The highest BCUT2D eigenvalue weighted by atomic mass is 14.9. The third-order valence-corrected chi connectivity index (χ3v) is 4.89. The predicted octanol–water partition coefficient (Wildman–Crippen LogP) is 6.14. The molecule has 2 aliphatic rings. The van der Waals surface area contributed by atoms with Crippen molar-refractivity contribution in [3.63, 3.8) is 0 Å². The van der Waals surface area contributed by atoms with Gasteiger partial charge < -0.3 is 5.32 Å². The molecule has 0 saturated heterocycles. The lowest BCUT2D eigenvalue weighted by Crippen LogP contribution is -2.17. The number of rotatable bonds is 4. The molecule has 1 aromatic carbocycles. The van der Waals surface area contributed by atoms with Gasteiger partial charge in [-0.25, -0.2) is 0 Å². The van der Waals surface area contributed by atoms with Crippen molar-refractivity contribution in [2.24, 2.45) is 0 Å². The fraction of sp³-hybridized carbons (Fsp3) is 0.273. The van der Waals surface area contributed by atoms with Crippen molar-refractivity contribution in [2.75, 3.05) is 5.32 Å². The quantitative estimate of drug-likeness (QED) is 0.659. The molecule has 0 radical (unpaired) electrons. The zero-order chi connectivity index (χ0) is 16.6. The van der Waals surface area contributed by atoms with Gasteiger partial charge in [-0.05, 0) is 65.8 Å². The summed E-state index contributed by atoms with van der Waals surface area (Å²) in [5.74, 6) is 0. The fourth-order valence-electron chi connectivity index (χ4n) is 3.64. The Morgan fingerprint density at radius 3 is 2.78 bits per heavy atom. The van der Waals surface area contributed by atoms with Crippen LogP contribution < -0.4 is 5.32 Å². The van der Waals surface area contributed by atoms with Gasteiger partial charge in [0.1, 0.15) is 0 Å². The van der Waals surface area contributed by atoms with Crippen molar-refractivity contribution < 1.29 is 0 Å². The minimum atomic E-state index is 0.0742. The highest BCUT2D eigenvalue weighted by Gasteiger charge is 2.36. The van der Waals surface area contributed by atoms with E-state index in [9.17, 15) is 0 Å². The zero-order valence-electron chi connectivity index (χ0n) is 14.4. The molecular weight excluding hydrogens is 278 g/mol. The van der Waals surface area contributed by atoms with E-state index >= 15 is 0 Å². The Kier molecular flexibility index (Phi) is 3.89. The smallest absolute Gasteiger partial charge is 0.0407 e. The van der Waals surface area contributed by atoms with Crippen LogP contribution in [0.15, 0.2) is 72.5 Å². The fourth-order valence-corrected chi connectivity index (χ4v) is 3.64.